The number of nitrogens with one attached hydrogen (secondary N) is 1. The van der Waals surface area contributed by atoms with Gasteiger partial charge < -0.3 is 5.32 Å². The van der Waals surface area contributed by atoms with Gasteiger partial charge >= 0.3 is 0 Å². The molecule has 0 heterocycles. The van der Waals surface area contributed by atoms with E-state index in [0.717, 1.165) is 18.4 Å². The Hall–Kier alpha value is -1.53. The predicted octanol–water partition coefficient (Wildman–Crippen LogP) is 3.04. The van der Waals surface area contributed by atoms with Crippen LogP contribution in [0.1, 0.15) is 31.2 Å². The van der Waals surface area contributed by atoms with Crippen molar-refractivity contribution in [1.29, 1.82) is 5.26 Å². The second kappa shape index (κ2) is 5.41. The summed E-state index contributed by atoms with van der Waals surface area (Å²) in [5.74, 6) is -0.150. The van der Waals surface area contributed by atoms with Gasteiger partial charge in [-0.1, -0.05) is 36.6 Å². The zero-order valence-corrected chi connectivity index (χ0v) is 10.8. The van der Waals surface area contributed by atoms with Crippen LogP contribution < -0.4 is 5.32 Å². The van der Waals surface area contributed by atoms with E-state index in [-0.39, 0.29) is 5.91 Å². The second-order valence-electron chi connectivity index (χ2n) is 4.71. The van der Waals surface area contributed by atoms with Crippen LogP contribution >= 0.6 is 11.6 Å². The summed E-state index contributed by atoms with van der Waals surface area (Å²) in [6.45, 7) is 0.419. The molecule has 0 bridgehead atoms. The molecule has 1 amide bonds. The molecule has 4 heteroatoms. The molecule has 1 aliphatic carbocycles. The molecular formula is C14H15ClN2O. The average Bonchev–Trinajstić information content (AvgIpc) is 2.86. The number of hydrogen-bond donors (Lipinski definition) is 1. The number of rotatable bonds is 3. The number of nitrogens with zero attached hydrogens (tertiary/aromatic N) is 1. The van der Waals surface area contributed by atoms with Crippen molar-refractivity contribution in [1.82, 2.24) is 5.32 Å². The summed E-state index contributed by atoms with van der Waals surface area (Å²) < 4.78 is 0. The lowest BCUT2D eigenvalue weighted by molar-refractivity contribution is -0.128. The summed E-state index contributed by atoms with van der Waals surface area (Å²) in [7, 11) is 0. The topological polar surface area (TPSA) is 52.9 Å². The van der Waals surface area contributed by atoms with Gasteiger partial charge in [-0.2, -0.15) is 5.26 Å². The molecule has 0 aromatic heterocycles. The number of halogens is 1. The fourth-order valence-corrected chi connectivity index (χ4v) is 2.58. The highest BCUT2D eigenvalue weighted by molar-refractivity contribution is 6.30. The van der Waals surface area contributed by atoms with Crippen molar-refractivity contribution in [2.75, 3.05) is 0 Å². The van der Waals surface area contributed by atoms with Crippen LogP contribution in [0.4, 0.5) is 0 Å². The highest BCUT2D eigenvalue weighted by Crippen LogP contribution is 2.37. The third-order valence-electron chi connectivity index (χ3n) is 3.45. The predicted molar refractivity (Wildman–Crippen MR) is 69.8 cm³/mol. The zero-order chi connectivity index (χ0) is 13.0. The van der Waals surface area contributed by atoms with Crippen LogP contribution in [-0.2, 0) is 11.3 Å². The van der Waals surface area contributed by atoms with Gasteiger partial charge in [0.15, 0.2) is 0 Å². The molecule has 2 rings (SSSR count). The van der Waals surface area contributed by atoms with E-state index in [1.165, 1.54) is 0 Å². The van der Waals surface area contributed by atoms with Crippen LogP contribution in [-0.4, -0.2) is 5.91 Å². The van der Waals surface area contributed by atoms with E-state index >= 15 is 0 Å². The number of carbonyl (C=O) groups is 1. The van der Waals surface area contributed by atoms with E-state index in [4.69, 9.17) is 11.6 Å². The minimum absolute atomic E-state index is 0.150. The van der Waals surface area contributed by atoms with Crippen LogP contribution in [0.15, 0.2) is 24.3 Å². The van der Waals surface area contributed by atoms with Gasteiger partial charge in [0, 0.05) is 11.6 Å². The van der Waals surface area contributed by atoms with Crippen LogP contribution in [0.5, 0.6) is 0 Å². The lowest BCUT2D eigenvalue weighted by atomic mass is 9.87. The van der Waals surface area contributed by atoms with Gasteiger partial charge in [0.1, 0.15) is 5.41 Å². The standard InChI is InChI=1S/C14H15ClN2O/c15-12-5-3-4-11(8-12)9-17-13(18)14(10-16)6-1-2-7-14/h3-5,8H,1-2,6-7,9H2,(H,17,18). The molecule has 94 valence electrons. The van der Waals surface area contributed by atoms with E-state index in [0.29, 0.717) is 24.4 Å². The Bertz CT molecular complexity index is 487. The average molecular weight is 263 g/mol. The molecule has 1 N–H and O–H groups in total. The number of nitriles is 1. The zero-order valence-electron chi connectivity index (χ0n) is 10.1. The molecule has 0 saturated heterocycles. The van der Waals surface area contributed by atoms with E-state index in [2.05, 4.69) is 11.4 Å². The van der Waals surface area contributed by atoms with Gasteiger partial charge in [0.2, 0.25) is 5.91 Å². The normalized spacial score (nSPS) is 17.1. The highest BCUT2D eigenvalue weighted by Gasteiger charge is 2.41. The largest absolute Gasteiger partial charge is 0.351 e. The fraction of sp³-hybridized carbons (Fsp3) is 0.429. The van der Waals surface area contributed by atoms with Gasteiger partial charge in [0.05, 0.1) is 6.07 Å². The number of benzene rings is 1. The molecule has 0 atom stereocenters. The molecule has 1 aliphatic rings. The quantitative estimate of drug-likeness (QED) is 0.910. The Morgan fingerprint density at radius 3 is 2.78 bits per heavy atom. The monoisotopic (exact) mass is 262 g/mol. The van der Waals surface area contributed by atoms with Gasteiger partial charge in [-0.05, 0) is 30.5 Å². The molecule has 18 heavy (non-hydrogen) atoms. The maximum Gasteiger partial charge on any atom is 0.240 e. The molecule has 0 radical (unpaired) electrons. The fourth-order valence-electron chi connectivity index (χ4n) is 2.37. The lowest BCUT2D eigenvalue weighted by Gasteiger charge is -2.19. The molecule has 1 saturated carbocycles. The van der Waals surface area contributed by atoms with Crippen molar-refractivity contribution >= 4 is 17.5 Å². The first-order valence-corrected chi connectivity index (χ1v) is 6.48. The Morgan fingerprint density at radius 1 is 1.44 bits per heavy atom. The molecule has 1 aromatic carbocycles. The second-order valence-corrected chi connectivity index (χ2v) is 5.15. The molecule has 0 aliphatic heterocycles. The molecule has 0 spiro atoms. The minimum Gasteiger partial charge on any atom is -0.351 e. The first kappa shape index (κ1) is 12.9. The van der Waals surface area contributed by atoms with Crippen molar-refractivity contribution in [3.05, 3.63) is 34.9 Å². The lowest BCUT2D eigenvalue weighted by Crippen LogP contribution is -2.37. The SMILES string of the molecule is N#CC1(C(=O)NCc2cccc(Cl)c2)CCCC1. The van der Waals surface area contributed by atoms with Crippen molar-refractivity contribution < 1.29 is 4.79 Å². The van der Waals surface area contributed by atoms with Gasteiger partial charge in [-0.25, -0.2) is 0 Å². The summed E-state index contributed by atoms with van der Waals surface area (Å²) in [6.07, 6.45) is 3.26. The van der Waals surface area contributed by atoms with Crippen LogP contribution in [0.2, 0.25) is 5.02 Å². The number of carbonyl (C=O) groups excluding carboxylic acids is 1. The Kier molecular flexibility index (Phi) is 3.88. The third-order valence-corrected chi connectivity index (χ3v) is 3.68. The summed E-state index contributed by atoms with van der Waals surface area (Å²) in [5.41, 5.74) is 0.139. The maximum absolute atomic E-state index is 12.1. The molecular weight excluding hydrogens is 248 g/mol. The van der Waals surface area contributed by atoms with Crippen LogP contribution in [0, 0.1) is 16.7 Å². The Balaban J connectivity index is 1.98. The first-order valence-electron chi connectivity index (χ1n) is 6.10. The number of amides is 1. The van der Waals surface area contributed by atoms with Crippen LogP contribution in [0.25, 0.3) is 0 Å². The van der Waals surface area contributed by atoms with Gasteiger partial charge in [0.25, 0.3) is 0 Å². The van der Waals surface area contributed by atoms with E-state index < -0.39 is 5.41 Å². The van der Waals surface area contributed by atoms with Crippen molar-refractivity contribution in [2.45, 2.75) is 32.2 Å². The first-order chi connectivity index (χ1) is 8.66. The van der Waals surface area contributed by atoms with Crippen molar-refractivity contribution in [3.8, 4) is 6.07 Å². The summed E-state index contributed by atoms with van der Waals surface area (Å²) in [5, 5.41) is 12.7. The Labute approximate surface area is 112 Å². The molecule has 1 aromatic rings. The van der Waals surface area contributed by atoms with Crippen LogP contribution in [0.3, 0.4) is 0 Å². The summed E-state index contributed by atoms with van der Waals surface area (Å²) >= 11 is 5.88. The minimum atomic E-state index is -0.807. The molecule has 1 fully saturated rings. The summed E-state index contributed by atoms with van der Waals surface area (Å²) in [6, 6.07) is 9.54. The van der Waals surface area contributed by atoms with E-state index in [1.807, 2.05) is 18.2 Å². The summed E-state index contributed by atoms with van der Waals surface area (Å²) in [4.78, 5) is 12.1. The smallest absolute Gasteiger partial charge is 0.240 e. The highest BCUT2D eigenvalue weighted by atomic mass is 35.5. The maximum atomic E-state index is 12.1. The van der Waals surface area contributed by atoms with Gasteiger partial charge in [-0.3, -0.25) is 4.79 Å². The van der Waals surface area contributed by atoms with Crippen molar-refractivity contribution in [2.24, 2.45) is 5.41 Å². The van der Waals surface area contributed by atoms with Gasteiger partial charge in [-0.15, -0.1) is 0 Å². The van der Waals surface area contributed by atoms with E-state index in [9.17, 15) is 10.1 Å². The Morgan fingerprint density at radius 2 is 2.17 bits per heavy atom. The molecule has 0 unspecified atom stereocenters. The molecule has 3 nitrogen and oxygen atoms in total. The third kappa shape index (κ3) is 2.65. The number of hydrogen-bond acceptors (Lipinski definition) is 2. The van der Waals surface area contributed by atoms with E-state index in [1.54, 1.807) is 6.07 Å². The van der Waals surface area contributed by atoms with Crippen molar-refractivity contribution in [3.63, 3.8) is 0 Å².